The van der Waals surface area contributed by atoms with E-state index in [0.29, 0.717) is 6.04 Å². The van der Waals surface area contributed by atoms with Crippen LogP contribution in [0.2, 0.25) is 0 Å². The maximum Gasteiger partial charge on any atom is 0.117 e. The van der Waals surface area contributed by atoms with Gasteiger partial charge in [0.05, 0.1) is 12.8 Å². The van der Waals surface area contributed by atoms with Gasteiger partial charge in [0.2, 0.25) is 0 Å². The zero-order valence-corrected chi connectivity index (χ0v) is 10.5. The second kappa shape index (κ2) is 7.47. The quantitative estimate of drug-likeness (QED) is 0.690. The first-order chi connectivity index (χ1) is 7.77. The van der Waals surface area contributed by atoms with Crippen molar-refractivity contribution in [1.82, 2.24) is 4.90 Å². The summed E-state index contributed by atoms with van der Waals surface area (Å²) in [5.41, 5.74) is 5.81. The average molecular weight is 224 g/mol. The fourth-order valence-electron chi connectivity index (χ4n) is 1.93. The molecule has 0 radical (unpaired) electrons. The van der Waals surface area contributed by atoms with E-state index in [1.54, 1.807) is 6.26 Å². The molecule has 3 nitrogen and oxygen atoms in total. The molecule has 3 heteroatoms. The number of nitrogens with zero attached hydrogens (tertiary/aromatic N) is 1. The third-order valence-electron chi connectivity index (χ3n) is 3.02. The minimum atomic E-state index is 0.469. The first-order valence-electron chi connectivity index (χ1n) is 6.20. The number of hydrogen-bond donors (Lipinski definition) is 1. The molecule has 16 heavy (non-hydrogen) atoms. The van der Waals surface area contributed by atoms with Crippen molar-refractivity contribution in [2.24, 2.45) is 5.73 Å². The molecule has 0 fully saturated rings. The van der Waals surface area contributed by atoms with Gasteiger partial charge in [-0.3, -0.25) is 4.90 Å². The molecule has 1 atom stereocenters. The SMILES string of the molecule is CCCCCC(CN)N(C)Cc1ccco1. The zero-order valence-electron chi connectivity index (χ0n) is 10.5. The van der Waals surface area contributed by atoms with Gasteiger partial charge in [0.15, 0.2) is 0 Å². The van der Waals surface area contributed by atoms with Crippen LogP contribution in [0.3, 0.4) is 0 Å². The maximum atomic E-state index is 5.81. The number of rotatable bonds is 8. The van der Waals surface area contributed by atoms with E-state index in [4.69, 9.17) is 10.2 Å². The summed E-state index contributed by atoms with van der Waals surface area (Å²) in [6.45, 7) is 3.80. The Kier molecular flexibility index (Phi) is 6.19. The Morgan fingerprint density at radius 2 is 2.25 bits per heavy atom. The standard InChI is InChI=1S/C13H24N2O/c1-3-4-5-7-12(10-14)15(2)11-13-8-6-9-16-13/h6,8-9,12H,3-5,7,10-11,14H2,1-2H3. The lowest BCUT2D eigenvalue weighted by Gasteiger charge is -2.26. The van der Waals surface area contributed by atoms with Crippen LogP contribution in [-0.2, 0) is 6.54 Å². The zero-order chi connectivity index (χ0) is 11.8. The van der Waals surface area contributed by atoms with E-state index in [1.807, 2.05) is 12.1 Å². The van der Waals surface area contributed by atoms with Gasteiger partial charge in [0.1, 0.15) is 5.76 Å². The van der Waals surface area contributed by atoms with Gasteiger partial charge in [-0.1, -0.05) is 26.2 Å². The fourth-order valence-corrected chi connectivity index (χ4v) is 1.93. The Morgan fingerprint density at radius 1 is 1.44 bits per heavy atom. The summed E-state index contributed by atoms with van der Waals surface area (Å²) in [7, 11) is 2.12. The van der Waals surface area contributed by atoms with Gasteiger partial charge in [-0.15, -0.1) is 0 Å². The Morgan fingerprint density at radius 3 is 2.81 bits per heavy atom. The average Bonchev–Trinajstić information content (AvgIpc) is 2.77. The highest BCUT2D eigenvalue weighted by Gasteiger charge is 2.13. The summed E-state index contributed by atoms with van der Waals surface area (Å²) in [5.74, 6) is 1.01. The Labute approximate surface area is 98.6 Å². The summed E-state index contributed by atoms with van der Waals surface area (Å²) < 4.78 is 5.34. The van der Waals surface area contributed by atoms with E-state index in [0.717, 1.165) is 18.8 Å². The smallest absolute Gasteiger partial charge is 0.117 e. The minimum Gasteiger partial charge on any atom is -0.468 e. The van der Waals surface area contributed by atoms with Crippen LogP contribution in [0.4, 0.5) is 0 Å². The second-order valence-corrected chi connectivity index (χ2v) is 4.38. The summed E-state index contributed by atoms with van der Waals surface area (Å²) in [6.07, 6.45) is 6.73. The molecule has 0 aliphatic heterocycles. The van der Waals surface area contributed by atoms with Crippen molar-refractivity contribution in [3.63, 3.8) is 0 Å². The molecule has 0 amide bonds. The molecule has 1 unspecified atom stereocenters. The van der Waals surface area contributed by atoms with Crippen LogP contribution >= 0.6 is 0 Å². The molecular formula is C13H24N2O. The van der Waals surface area contributed by atoms with Crippen molar-refractivity contribution in [2.75, 3.05) is 13.6 Å². The topological polar surface area (TPSA) is 42.4 Å². The third-order valence-corrected chi connectivity index (χ3v) is 3.02. The number of furan rings is 1. The van der Waals surface area contributed by atoms with Crippen LogP contribution in [0, 0.1) is 0 Å². The van der Waals surface area contributed by atoms with Crippen LogP contribution < -0.4 is 5.73 Å². The predicted molar refractivity (Wildman–Crippen MR) is 67.2 cm³/mol. The normalized spacial score (nSPS) is 13.2. The van der Waals surface area contributed by atoms with Crippen molar-refractivity contribution < 1.29 is 4.42 Å². The highest BCUT2D eigenvalue weighted by atomic mass is 16.3. The fraction of sp³-hybridized carbons (Fsp3) is 0.692. The van der Waals surface area contributed by atoms with Crippen LogP contribution in [0.1, 0.15) is 38.4 Å². The summed E-state index contributed by atoms with van der Waals surface area (Å²) in [4.78, 5) is 2.29. The second-order valence-electron chi connectivity index (χ2n) is 4.38. The molecule has 1 rings (SSSR count). The molecule has 0 saturated carbocycles. The molecule has 0 saturated heterocycles. The van der Waals surface area contributed by atoms with E-state index in [-0.39, 0.29) is 0 Å². The Bertz CT molecular complexity index is 259. The predicted octanol–water partition coefficient (Wildman–Crippen LogP) is 2.62. The van der Waals surface area contributed by atoms with E-state index < -0.39 is 0 Å². The van der Waals surface area contributed by atoms with E-state index in [2.05, 4.69) is 18.9 Å². The maximum absolute atomic E-state index is 5.81. The van der Waals surface area contributed by atoms with E-state index >= 15 is 0 Å². The van der Waals surface area contributed by atoms with Crippen LogP contribution in [0.25, 0.3) is 0 Å². The minimum absolute atomic E-state index is 0.469. The lowest BCUT2D eigenvalue weighted by molar-refractivity contribution is 0.207. The first kappa shape index (κ1) is 13.3. The molecule has 2 N–H and O–H groups in total. The first-order valence-corrected chi connectivity index (χ1v) is 6.20. The third kappa shape index (κ3) is 4.37. The van der Waals surface area contributed by atoms with Crippen molar-refractivity contribution in [3.8, 4) is 0 Å². The number of hydrogen-bond acceptors (Lipinski definition) is 3. The van der Waals surface area contributed by atoms with Crippen LogP contribution in [0.15, 0.2) is 22.8 Å². The highest BCUT2D eigenvalue weighted by Crippen LogP contribution is 2.11. The van der Waals surface area contributed by atoms with Gasteiger partial charge in [-0.25, -0.2) is 0 Å². The van der Waals surface area contributed by atoms with Gasteiger partial charge in [-0.05, 0) is 25.6 Å². The summed E-state index contributed by atoms with van der Waals surface area (Å²) >= 11 is 0. The van der Waals surface area contributed by atoms with Gasteiger partial charge >= 0.3 is 0 Å². The molecule has 1 aromatic heterocycles. The van der Waals surface area contributed by atoms with Gasteiger partial charge in [0.25, 0.3) is 0 Å². The molecule has 0 aliphatic carbocycles. The number of unbranched alkanes of at least 4 members (excludes halogenated alkanes) is 2. The lowest BCUT2D eigenvalue weighted by atomic mass is 10.1. The van der Waals surface area contributed by atoms with Gasteiger partial charge in [0, 0.05) is 12.6 Å². The summed E-state index contributed by atoms with van der Waals surface area (Å²) in [5, 5.41) is 0. The van der Waals surface area contributed by atoms with Crippen molar-refractivity contribution in [1.29, 1.82) is 0 Å². The molecule has 0 bridgehead atoms. The molecule has 1 aromatic rings. The largest absolute Gasteiger partial charge is 0.468 e. The van der Waals surface area contributed by atoms with E-state index in [1.165, 1.54) is 25.7 Å². The van der Waals surface area contributed by atoms with Crippen LogP contribution in [-0.4, -0.2) is 24.5 Å². The molecule has 0 aromatic carbocycles. The molecular weight excluding hydrogens is 200 g/mol. The Balaban J connectivity index is 2.33. The lowest BCUT2D eigenvalue weighted by Crippen LogP contribution is -2.37. The molecule has 92 valence electrons. The Hall–Kier alpha value is -0.800. The number of nitrogens with two attached hydrogens (primary N) is 1. The van der Waals surface area contributed by atoms with Crippen molar-refractivity contribution in [3.05, 3.63) is 24.2 Å². The van der Waals surface area contributed by atoms with Crippen molar-refractivity contribution >= 4 is 0 Å². The highest BCUT2D eigenvalue weighted by molar-refractivity contribution is 4.98. The molecule has 0 aliphatic rings. The van der Waals surface area contributed by atoms with Gasteiger partial charge < -0.3 is 10.2 Å². The number of likely N-dealkylation sites (N-methyl/N-ethyl adjacent to an activating group) is 1. The van der Waals surface area contributed by atoms with Gasteiger partial charge in [-0.2, -0.15) is 0 Å². The molecule has 0 spiro atoms. The van der Waals surface area contributed by atoms with Crippen molar-refractivity contribution in [2.45, 2.75) is 45.2 Å². The van der Waals surface area contributed by atoms with Crippen LogP contribution in [0.5, 0.6) is 0 Å². The molecule has 1 heterocycles. The van der Waals surface area contributed by atoms with E-state index in [9.17, 15) is 0 Å². The summed E-state index contributed by atoms with van der Waals surface area (Å²) in [6, 6.07) is 4.41. The monoisotopic (exact) mass is 224 g/mol.